The van der Waals surface area contributed by atoms with Crippen LogP contribution in [0.3, 0.4) is 0 Å². The SMILES string of the molecule is Brc1ccc(C2CO2)cc1.C=Cc1ccc(Br)cc1.CC(C)(C)OC(=O)NC1CC1c1ccc(Br)cc1.CC(C)S(=O)(=O)NC1CC1c1ccc(Br)cc1.CCOC(=O)C1CC1c1ccc(Br)cc1.NC1CC1c1ccc(Br)cc1.O=C(O)C1CC1c1ccc(Br)cc1.OCC(O)c1ccc(Br)cc1. The van der Waals surface area contributed by atoms with Crippen LogP contribution >= 0.6 is 127 Å². The second-order valence-corrected chi connectivity index (χ2v) is 36.5. The van der Waals surface area contributed by atoms with Crippen molar-refractivity contribution in [3.8, 4) is 0 Å². The fraction of sp³-hybridized carbons (Fsp3) is 0.346. The van der Waals surface area contributed by atoms with Gasteiger partial charge in [0.05, 0.1) is 36.9 Å². The summed E-state index contributed by atoms with van der Waals surface area (Å²) in [5.74, 6) is 1.21. The number of rotatable bonds is 16. The molecule has 5 aliphatic carbocycles. The Morgan fingerprint density at radius 1 is 0.548 bits per heavy atom. The van der Waals surface area contributed by atoms with E-state index in [4.69, 9.17) is 35.3 Å². The highest BCUT2D eigenvalue weighted by atomic mass is 79.9. The molecule has 0 aromatic heterocycles. The van der Waals surface area contributed by atoms with Crippen LogP contribution in [0.2, 0.25) is 0 Å². The van der Waals surface area contributed by atoms with Gasteiger partial charge in [0, 0.05) is 71.7 Å². The van der Waals surface area contributed by atoms with Gasteiger partial charge in [-0.2, -0.15) is 0 Å². The fourth-order valence-electron chi connectivity index (χ4n) is 10.6. The van der Waals surface area contributed by atoms with Crippen LogP contribution in [0.4, 0.5) is 4.79 Å². The highest BCUT2D eigenvalue weighted by Crippen LogP contribution is 2.49. The number of esters is 1. The minimum Gasteiger partial charge on any atom is -0.481 e. The number of ether oxygens (including phenoxy) is 3. The Balaban J connectivity index is 0.000000168. The number of aliphatic carboxylic acids is 1. The maximum Gasteiger partial charge on any atom is 0.407 e. The molecule has 1 aliphatic heterocycles. The van der Waals surface area contributed by atoms with Crippen molar-refractivity contribution >= 4 is 162 Å². The number of hydrogen-bond donors (Lipinski definition) is 6. The molecule has 0 radical (unpaired) electrons. The van der Waals surface area contributed by atoms with Crippen LogP contribution in [0.1, 0.15) is 160 Å². The Bertz CT molecular complexity index is 4070. The maximum atomic E-state index is 11.7. The summed E-state index contributed by atoms with van der Waals surface area (Å²) in [5, 5.41) is 29.0. The third kappa shape index (κ3) is 30.8. The number of benzene rings is 8. The topological polar surface area (TPSA) is 227 Å². The van der Waals surface area contributed by atoms with Crippen LogP contribution in [-0.2, 0) is 33.8 Å². The average Bonchev–Trinajstić information content (AvgIpc) is 1.67. The van der Waals surface area contributed by atoms with Crippen LogP contribution in [0, 0.1) is 11.8 Å². The molecule has 8 aromatic carbocycles. The summed E-state index contributed by atoms with van der Waals surface area (Å²) in [6.07, 6.45) is 5.88. The first-order chi connectivity index (χ1) is 49.3. The Morgan fingerprint density at radius 2 is 0.885 bits per heavy atom. The lowest BCUT2D eigenvalue weighted by Gasteiger charge is -2.19. The number of carbonyl (C=O) groups is 3. The number of nitrogens with two attached hydrogens (primary N) is 1. The number of carboxylic acids is 1. The first-order valence-corrected chi connectivity index (χ1v) is 42.0. The van der Waals surface area contributed by atoms with E-state index < -0.39 is 27.7 Å². The van der Waals surface area contributed by atoms with E-state index in [1.54, 1.807) is 26.0 Å². The predicted octanol–water partition coefficient (Wildman–Crippen LogP) is 21.6. The number of aliphatic hydroxyl groups excluding tert-OH is 2. The summed E-state index contributed by atoms with van der Waals surface area (Å²) in [5.41, 5.74) is 14.7. The second-order valence-electron chi connectivity index (χ2n) is 26.9. The third-order valence-corrected chi connectivity index (χ3v) is 23.2. The number of nitrogens with one attached hydrogen (secondary N) is 2. The largest absolute Gasteiger partial charge is 0.481 e. The zero-order chi connectivity index (χ0) is 76.0. The van der Waals surface area contributed by atoms with E-state index in [-0.39, 0.29) is 53.8 Å². The van der Waals surface area contributed by atoms with Crippen LogP contribution in [0.25, 0.3) is 6.08 Å². The van der Waals surface area contributed by atoms with Crippen LogP contribution in [0.5, 0.6) is 0 Å². The molecule has 104 heavy (non-hydrogen) atoms. The van der Waals surface area contributed by atoms with Gasteiger partial charge in [-0.1, -0.05) is 237 Å². The van der Waals surface area contributed by atoms with Crippen molar-refractivity contribution in [2.45, 2.75) is 144 Å². The molecule has 6 fully saturated rings. The first-order valence-electron chi connectivity index (χ1n) is 34.1. The van der Waals surface area contributed by atoms with E-state index in [0.29, 0.717) is 42.4 Å². The Morgan fingerprint density at radius 3 is 1.22 bits per heavy atom. The van der Waals surface area contributed by atoms with E-state index in [0.717, 1.165) is 91.2 Å². The molecule has 556 valence electrons. The van der Waals surface area contributed by atoms with Crippen molar-refractivity contribution in [3.05, 3.63) is 281 Å². The van der Waals surface area contributed by atoms with Crippen molar-refractivity contribution in [1.29, 1.82) is 0 Å². The van der Waals surface area contributed by atoms with Crippen molar-refractivity contribution in [1.82, 2.24) is 10.0 Å². The van der Waals surface area contributed by atoms with Gasteiger partial charge in [-0.05, 0) is 227 Å². The molecule has 23 heteroatoms. The highest BCUT2D eigenvalue weighted by molar-refractivity contribution is 9.11. The van der Waals surface area contributed by atoms with Crippen LogP contribution in [0.15, 0.2) is 236 Å². The summed E-state index contributed by atoms with van der Waals surface area (Å²) in [4.78, 5) is 33.6. The number of epoxide rings is 1. The Kier molecular flexibility index (Phi) is 34.7. The van der Waals surface area contributed by atoms with Gasteiger partial charge in [-0.15, -0.1) is 0 Å². The number of halogens is 8. The lowest BCUT2D eigenvalue weighted by molar-refractivity contribution is -0.144. The molecule has 0 bridgehead atoms. The maximum absolute atomic E-state index is 11.7. The van der Waals surface area contributed by atoms with Gasteiger partial charge in [-0.25, -0.2) is 17.9 Å². The van der Waals surface area contributed by atoms with Crippen LogP contribution < -0.4 is 15.8 Å². The zero-order valence-electron chi connectivity index (χ0n) is 58.5. The van der Waals surface area contributed by atoms with Gasteiger partial charge in [0.25, 0.3) is 0 Å². The minimum absolute atomic E-state index is 0.0505. The molecule has 14 nitrogen and oxygen atoms in total. The molecule has 1 heterocycles. The molecule has 8 aromatic rings. The number of aliphatic hydroxyl groups is 2. The standard InChI is InChI=1S/C14H18BrNO2.C12H16BrNO2S.C12H13BrO2.C10H9BrO2.C9H10BrN.C8H9BrO2.C8H7BrO.C8H7Br/c1-14(2,3)18-13(17)16-12-8-11(12)9-4-6-10(15)7-5-9;1-8(2)17(15,16)14-12-7-11(12)9-3-5-10(13)6-4-9;1-2-15-12(14)11-7-10(11)8-3-5-9(13)6-4-8;11-7-3-1-6(2-4-7)8-5-9(8)10(12)13;10-7-3-1-6(2-4-7)8-5-9(8)11;9-7-3-1-6(2-4-7)8(11)5-10;9-7-3-1-6(2-4-7)8-5-10-8;1-2-7-3-5-8(9)6-4-7/h4-7,11-12H,8H2,1-3H3,(H,16,17);3-6,8,11-12,14H,7H2,1-2H3;3-6,10-11H,2,7H2,1H3;1-4,8-9H,5H2,(H,12,13);1-4,8-9H,5,11H2;1-4,8,10-11H,5H2;1-4,8H,5H2;2-6H,1H2. The number of hydrogen-bond acceptors (Lipinski definition) is 11. The van der Waals surface area contributed by atoms with E-state index in [2.05, 4.69) is 205 Å². The summed E-state index contributed by atoms with van der Waals surface area (Å²) < 4.78 is 50.0. The van der Waals surface area contributed by atoms with E-state index in [1.807, 2.05) is 155 Å². The molecule has 0 spiro atoms. The van der Waals surface area contributed by atoms with E-state index in [9.17, 15) is 22.8 Å². The van der Waals surface area contributed by atoms with Crippen molar-refractivity contribution in [2.75, 3.05) is 19.8 Å². The summed E-state index contributed by atoms with van der Waals surface area (Å²) in [6, 6.07) is 64.9. The number of sulfonamides is 1. The fourth-order valence-corrected chi connectivity index (χ4v) is 13.7. The summed E-state index contributed by atoms with van der Waals surface area (Å²) in [6.45, 7) is 15.6. The molecule has 12 unspecified atom stereocenters. The van der Waals surface area contributed by atoms with Gasteiger partial charge < -0.3 is 40.6 Å². The third-order valence-electron chi connectivity index (χ3n) is 17.1. The molecule has 5 saturated carbocycles. The van der Waals surface area contributed by atoms with Crippen molar-refractivity contribution < 1.29 is 52.3 Å². The Labute approximate surface area is 680 Å². The monoisotopic (exact) mass is 1940 g/mol. The molecule has 1 amide bonds. The second kappa shape index (κ2) is 41.8. The molecule has 12 atom stereocenters. The minimum atomic E-state index is -3.14. The van der Waals surface area contributed by atoms with Crippen LogP contribution in [-0.4, -0.2) is 90.6 Å². The van der Waals surface area contributed by atoms with Gasteiger partial charge in [0.15, 0.2) is 0 Å². The van der Waals surface area contributed by atoms with E-state index in [1.165, 1.54) is 27.8 Å². The summed E-state index contributed by atoms with van der Waals surface area (Å²) >= 11 is 26.9. The number of alkyl carbamates (subject to hydrolysis) is 1. The first kappa shape index (κ1) is 86.5. The van der Waals surface area contributed by atoms with Gasteiger partial charge in [-0.3, -0.25) is 9.59 Å². The molecular formula is C81H89Br8N3O11S. The van der Waals surface area contributed by atoms with Crippen molar-refractivity contribution in [3.63, 3.8) is 0 Å². The van der Waals surface area contributed by atoms with Crippen molar-refractivity contribution in [2.24, 2.45) is 17.6 Å². The quantitative estimate of drug-likeness (QED) is 0.0392. The molecule has 7 N–H and O–H groups in total. The lowest BCUT2D eigenvalue weighted by atomic mass is 10.1. The number of amides is 1. The molecular weight excluding hydrogens is 1860 g/mol. The number of carbonyl (C=O) groups excluding carboxylic acids is 2. The average molecular weight is 1950 g/mol. The Hall–Kier alpha value is -4.70. The highest BCUT2D eigenvalue weighted by Gasteiger charge is 2.46. The molecule has 1 saturated heterocycles. The normalized spacial score (nSPS) is 21.8. The lowest BCUT2D eigenvalue weighted by Crippen LogP contribution is -2.34. The van der Waals surface area contributed by atoms with E-state index >= 15 is 0 Å². The molecule has 6 aliphatic rings. The smallest absolute Gasteiger partial charge is 0.407 e. The van der Waals surface area contributed by atoms with Gasteiger partial charge in [0.1, 0.15) is 17.8 Å². The zero-order valence-corrected chi connectivity index (χ0v) is 72.0. The van der Waals surface area contributed by atoms with Gasteiger partial charge >= 0.3 is 18.0 Å². The van der Waals surface area contributed by atoms with Gasteiger partial charge in [0.2, 0.25) is 10.0 Å². The summed E-state index contributed by atoms with van der Waals surface area (Å²) in [7, 11) is -3.14. The predicted molar refractivity (Wildman–Crippen MR) is 444 cm³/mol. The number of carboxylic acid groups (broad SMARTS) is 1. The molecule has 14 rings (SSSR count).